The Morgan fingerprint density at radius 1 is 1.15 bits per heavy atom. The summed E-state index contributed by atoms with van der Waals surface area (Å²) >= 11 is 0. The average molecular weight is 382 g/mol. The van der Waals surface area contributed by atoms with Crippen molar-refractivity contribution in [3.8, 4) is 0 Å². The Labute approximate surface area is 159 Å². The van der Waals surface area contributed by atoms with Crippen molar-refractivity contribution in [3.05, 3.63) is 77.2 Å². The third kappa shape index (κ3) is 3.65. The summed E-state index contributed by atoms with van der Waals surface area (Å²) in [6, 6.07) is 12.7. The largest absolute Gasteiger partial charge is 0.259 e. The predicted octanol–water partition coefficient (Wildman–Crippen LogP) is 3.07. The van der Waals surface area contributed by atoms with E-state index in [0.29, 0.717) is 5.69 Å². The van der Waals surface area contributed by atoms with Gasteiger partial charge in [0, 0.05) is 18.8 Å². The van der Waals surface area contributed by atoms with Crippen LogP contribution in [0, 0.1) is 6.92 Å². The molecule has 7 heteroatoms. The lowest BCUT2D eigenvalue weighted by Crippen LogP contribution is -2.32. The zero-order valence-electron chi connectivity index (χ0n) is 15.3. The van der Waals surface area contributed by atoms with Crippen molar-refractivity contribution < 1.29 is 8.42 Å². The van der Waals surface area contributed by atoms with E-state index in [1.807, 2.05) is 49.4 Å². The highest BCUT2D eigenvalue weighted by atomic mass is 32.2. The molecule has 27 heavy (non-hydrogen) atoms. The van der Waals surface area contributed by atoms with Crippen molar-refractivity contribution >= 4 is 10.0 Å². The van der Waals surface area contributed by atoms with Crippen molar-refractivity contribution in [2.45, 2.75) is 36.8 Å². The lowest BCUT2D eigenvalue weighted by Gasteiger charge is -2.20. The number of aromatic nitrogens is 3. The third-order valence-corrected chi connectivity index (χ3v) is 6.40. The molecule has 4 rings (SSSR count). The minimum atomic E-state index is -3.78. The van der Waals surface area contributed by atoms with E-state index in [1.165, 1.54) is 4.68 Å². The van der Waals surface area contributed by atoms with Crippen LogP contribution in [0.4, 0.5) is 0 Å². The van der Waals surface area contributed by atoms with E-state index >= 15 is 0 Å². The Kier molecular flexibility index (Phi) is 4.57. The van der Waals surface area contributed by atoms with Gasteiger partial charge in [0.25, 0.3) is 10.0 Å². The summed E-state index contributed by atoms with van der Waals surface area (Å²) in [4.78, 5) is 4.39. The van der Waals surface area contributed by atoms with Crippen LogP contribution in [0.3, 0.4) is 0 Å². The van der Waals surface area contributed by atoms with E-state index in [-0.39, 0.29) is 10.9 Å². The average Bonchev–Trinajstić information content (AvgIpc) is 3.43. The molecule has 0 saturated heterocycles. The smallest absolute Gasteiger partial charge is 0.258 e. The van der Waals surface area contributed by atoms with Crippen molar-refractivity contribution in [2.24, 2.45) is 7.05 Å². The number of nitrogens with one attached hydrogen (secondary N) is 1. The van der Waals surface area contributed by atoms with Gasteiger partial charge in [-0.1, -0.05) is 35.9 Å². The molecule has 2 heterocycles. The molecule has 0 aliphatic heterocycles. The van der Waals surface area contributed by atoms with Crippen LogP contribution in [0.25, 0.3) is 0 Å². The number of aryl methyl sites for hydroxylation is 2. The molecule has 0 amide bonds. The highest BCUT2D eigenvalue weighted by Gasteiger charge is 2.35. The first-order chi connectivity index (χ1) is 13.0. The second kappa shape index (κ2) is 6.90. The van der Waals surface area contributed by atoms with Gasteiger partial charge in [-0.25, -0.2) is 8.42 Å². The van der Waals surface area contributed by atoms with Crippen molar-refractivity contribution in [1.29, 1.82) is 0 Å². The van der Waals surface area contributed by atoms with Gasteiger partial charge in [0.2, 0.25) is 0 Å². The van der Waals surface area contributed by atoms with E-state index in [1.54, 1.807) is 19.4 Å². The fraction of sp³-hybridized carbons (Fsp3) is 0.300. The molecule has 1 aliphatic rings. The fourth-order valence-corrected chi connectivity index (χ4v) is 4.87. The van der Waals surface area contributed by atoms with Gasteiger partial charge in [0.1, 0.15) is 0 Å². The third-order valence-electron chi connectivity index (χ3n) is 4.85. The Morgan fingerprint density at radius 3 is 2.52 bits per heavy atom. The highest BCUT2D eigenvalue weighted by molar-refractivity contribution is 7.89. The van der Waals surface area contributed by atoms with Gasteiger partial charge in [-0.2, -0.15) is 9.82 Å². The van der Waals surface area contributed by atoms with Crippen LogP contribution in [0.2, 0.25) is 0 Å². The molecule has 1 unspecified atom stereocenters. The summed E-state index contributed by atoms with van der Waals surface area (Å²) in [5.74, 6) is 0.290. The molecule has 0 bridgehead atoms. The van der Waals surface area contributed by atoms with E-state index < -0.39 is 16.1 Å². The standard InChI is InChI=1S/C20H22N4O2S/c1-14-6-8-16(9-7-14)19(18-5-3-4-12-21-18)23-27(25,26)20-17(15-10-11-15)13-22-24(20)2/h3-9,12-13,15,19,23H,10-11H2,1-2H3. The molecule has 1 aromatic carbocycles. The molecule has 1 N–H and O–H groups in total. The van der Waals surface area contributed by atoms with E-state index in [0.717, 1.165) is 29.5 Å². The number of hydrogen-bond donors (Lipinski definition) is 1. The predicted molar refractivity (Wildman–Crippen MR) is 103 cm³/mol. The van der Waals surface area contributed by atoms with E-state index in [2.05, 4.69) is 14.8 Å². The molecular weight excluding hydrogens is 360 g/mol. The Balaban J connectivity index is 1.75. The first-order valence-corrected chi connectivity index (χ1v) is 10.5. The van der Waals surface area contributed by atoms with Gasteiger partial charge in [-0.15, -0.1) is 0 Å². The van der Waals surface area contributed by atoms with Gasteiger partial charge in [0.15, 0.2) is 5.03 Å². The second-order valence-electron chi connectivity index (χ2n) is 7.02. The topological polar surface area (TPSA) is 76.9 Å². The molecule has 6 nitrogen and oxygen atoms in total. The number of sulfonamides is 1. The lowest BCUT2D eigenvalue weighted by molar-refractivity contribution is 0.550. The molecule has 0 radical (unpaired) electrons. The first-order valence-electron chi connectivity index (χ1n) is 8.97. The second-order valence-corrected chi connectivity index (χ2v) is 8.65. The first kappa shape index (κ1) is 17.9. The van der Waals surface area contributed by atoms with E-state index in [4.69, 9.17) is 0 Å². The molecule has 140 valence electrons. The number of rotatable bonds is 6. The zero-order chi connectivity index (χ0) is 19.0. The number of benzene rings is 1. The fourth-order valence-electron chi connectivity index (χ4n) is 3.26. The van der Waals surface area contributed by atoms with Gasteiger partial charge >= 0.3 is 0 Å². The molecule has 1 saturated carbocycles. The van der Waals surface area contributed by atoms with Crippen LogP contribution in [0.5, 0.6) is 0 Å². The van der Waals surface area contributed by atoms with Gasteiger partial charge in [0.05, 0.1) is 17.9 Å². The lowest BCUT2D eigenvalue weighted by atomic mass is 10.0. The molecule has 1 aliphatic carbocycles. The van der Waals surface area contributed by atoms with Crippen molar-refractivity contribution in [3.63, 3.8) is 0 Å². The normalized spacial score (nSPS) is 15.6. The zero-order valence-corrected chi connectivity index (χ0v) is 16.1. The summed E-state index contributed by atoms with van der Waals surface area (Å²) in [7, 11) is -2.11. The molecule has 1 fully saturated rings. The Hall–Kier alpha value is -2.51. The minimum Gasteiger partial charge on any atom is -0.259 e. The summed E-state index contributed by atoms with van der Waals surface area (Å²) in [5, 5.41) is 4.44. The Bertz CT molecular complexity index is 1040. The summed E-state index contributed by atoms with van der Waals surface area (Å²) in [5.41, 5.74) is 3.41. The van der Waals surface area contributed by atoms with Crippen LogP contribution in [-0.2, 0) is 17.1 Å². The minimum absolute atomic E-state index is 0.248. The van der Waals surface area contributed by atoms with Crippen LogP contribution in [0.15, 0.2) is 59.9 Å². The summed E-state index contributed by atoms with van der Waals surface area (Å²) in [6.45, 7) is 2.00. The summed E-state index contributed by atoms with van der Waals surface area (Å²) in [6.07, 6.45) is 5.37. The van der Waals surface area contributed by atoms with Crippen LogP contribution >= 0.6 is 0 Å². The molecule has 1 atom stereocenters. The summed E-state index contributed by atoms with van der Waals surface area (Å²) < 4.78 is 30.9. The maximum atomic E-state index is 13.3. The molecule has 2 aromatic heterocycles. The van der Waals surface area contributed by atoms with Gasteiger partial charge in [-0.05, 0) is 43.4 Å². The SMILES string of the molecule is Cc1ccc(C(NS(=O)(=O)c2c(C3CC3)cnn2C)c2ccccn2)cc1. The highest BCUT2D eigenvalue weighted by Crippen LogP contribution is 2.42. The van der Waals surface area contributed by atoms with E-state index in [9.17, 15) is 8.42 Å². The van der Waals surface area contributed by atoms with Crippen LogP contribution < -0.4 is 4.72 Å². The molecular formula is C20H22N4O2S. The van der Waals surface area contributed by atoms with Gasteiger partial charge in [-0.3, -0.25) is 9.67 Å². The molecule has 0 spiro atoms. The number of hydrogen-bond acceptors (Lipinski definition) is 4. The number of nitrogens with zero attached hydrogens (tertiary/aromatic N) is 3. The Morgan fingerprint density at radius 2 is 1.89 bits per heavy atom. The maximum Gasteiger partial charge on any atom is 0.258 e. The molecule has 3 aromatic rings. The monoisotopic (exact) mass is 382 g/mol. The van der Waals surface area contributed by atoms with Gasteiger partial charge < -0.3 is 0 Å². The van der Waals surface area contributed by atoms with Crippen molar-refractivity contribution in [2.75, 3.05) is 0 Å². The van der Waals surface area contributed by atoms with Crippen LogP contribution in [-0.4, -0.2) is 23.2 Å². The number of pyridine rings is 1. The quantitative estimate of drug-likeness (QED) is 0.711. The van der Waals surface area contributed by atoms with Crippen LogP contribution in [0.1, 0.15) is 47.2 Å². The maximum absolute atomic E-state index is 13.3. The van der Waals surface area contributed by atoms with Crippen molar-refractivity contribution in [1.82, 2.24) is 19.5 Å².